The number of hydrogen-bond donors (Lipinski definition) is 0. The van der Waals surface area contributed by atoms with Crippen LogP contribution in [-0.4, -0.2) is 0 Å². The van der Waals surface area contributed by atoms with Gasteiger partial charge in [0.15, 0.2) is 0 Å². The lowest BCUT2D eigenvalue weighted by Crippen LogP contribution is -1.71. The van der Waals surface area contributed by atoms with E-state index in [1.807, 2.05) is 17.4 Å². The number of rotatable bonds is 0. The number of fused-ring (bicyclic) bond motifs is 5. The van der Waals surface area contributed by atoms with Crippen LogP contribution in [-0.2, 0) is 0 Å². The summed E-state index contributed by atoms with van der Waals surface area (Å²) in [5.41, 5.74) is 0. The van der Waals surface area contributed by atoms with E-state index in [1.165, 1.54) is 30.9 Å². The van der Waals surface area contributed by atoms with Crippen molar-refractivity contribution in [3.05, 3.63) is 60.7 Å². The van der Waals surface area contributed by atoms with Gasteiger partial charge in [0.2, 0.25) is 0 Å². The fraction of sp³-hybridized carbons (Fsp3) is 0. The normalized spacial score (nSPS) is 11.5. The summed E-state index contributed by atoms with van der Waals surface area (Å²) >= 11 is 1.86. The maximum atomic E-state index is 3.35. The maximum Gasteiger partial charge on any atom is 0.0434 e. The second-order valence-electron chi connectivity index (χ2n) is 4.17. The molecule has 0 saturated carbocycles. The van der Waals surface area contributed by atoms with Crippen LogP contribution in [0.5, 0.6) is 0 Å². The molecule has 1 radical (unpaired) electrons. The lowest BCUT2D eigenvalue weighted by molar-refractivity contribution is 1.81. The first-order chi connectivity index (χ1) is 8.43. The summed E-state index contributed by atoms with van der Waals surface area (Å²) in [5, 5.41) is 5.23. The van der Waals surface area contributed by atoms with Crippen molar-refractivity contribution in [3.8, 4) is 0 Å². The fourth-order valence-electron chi connectivity index (χ4n) is 2.38. The molecule has 0 aliphatic heterocycles. The monoisotopic (exact) mass is 233 g/mol. The minimum absolute atomic E-state index is 1.25. The van der Waals surface area contributed by atoms with Crippen LogP contribution in [0.2, 0.25) is 0 Å². The molecule has 0 unspecified atom stereocenters. The highest BCUT2D eigenvalue weighted by atomic mass is 32.1. The van der Waals surface area contributed by atoms with Crippen LogP contribution >= 0.6 is 11.3 Å². The summed E-state index contributed by atoms with van der Waals surface area (Å²) in [6.45, 7) is 0. The molecule has 3 aromatic carbocycles. The summed E-state index contributed by atoms with van der Waals surface area (Å²) < 4.78 is 2.69. The smallest absolute Gasteiger partial charge is 0.0434 e. The molecule has 0 aliphatic rings. The largest absolute Gasteiger partial charge is 0.135 e. The molecule has 0 bridgehead atoms. The quantitative estimate of drug-likeness (QED) is 0.400. The Labute approximate surface area is 103 Å². The van der Waals surface area contributed by atoms with Crippen LogP contribution in [0.3, 0.4) is 0 Å². The van der Waals surface area contributed by atoms with Crippen LogP contribution in [0.1, 0.15) is 0 Å². The molecular formula is C16H9S. The molecule has 0 atom stereocenters. The van der Waals surface area contributed by atoms with Gasteiger partial charge in [-0.1, -0.05) is 48.5 Å². The van der Waals surface area contributed by atoms with Crippen LogP contribution in [0, 0.1) is 6.07 Å². The molecule has 0 nitrogen and oxygen atoms in total. The Morgan fingerprint density at radius 3 is 2.76 bits per heavy atom. The van der Waals surface area contributed by atoms with E-state index in [9.17, 15) is 0 Å². The van der Waals surface area contributed by atoms with Gasteiger partial charge in [-0.3, -0.25) is 0 Å². The molecule has 0 fully saturated rings. The number of hydrogen-bond acceptors (Lipinski definition) is 1. The second kappa shape index (κ2) is 3.31. The van der Waals surface area contributed by atoms with E-state index in [-0.39, 0.29) is 0 Å². The zero-order valence-electron chi connectivity index (χ0n) is 9.10. The number of benzene rings is 3. The Bertz CT molecular complexity index is 840. The van der Waals surface area contributed by atoms with Gasteiger partial charge in [-0.2, -0.15) is 0 Å². The Kier molecular flexibility index (Phi) is 1.79. The van der Waals surface area contributed by atoms with Gasteiger partial charge in [0.05, 0.1) is 0 Å². The molecule has 0 amide bonds. The van der Waals surface area contributed by atoms with Crippen molar-refractivity contribution in [2.45, 2.75) is 0 Å². The van der Waals surface area contributed by atoms with E-state index < -0.39 is 0 Å². The van der Waals surface area contributed by atoms with Gasteiger partial charge in [0.1, 0.15) is 0 Å². The topological polar surface area (TPSA) is 0 Å². The third-order valence-corrected chi connectivity index (χ3v) is 4.38. The van der Waals surface area contributed by atoms with Crippen molar-refractivity contribution < 1.29 is 0 Å². The molecule has 4 aromatic rings. The first-order valence-electron chi connectivity index (χ1n) is 5.64. The molecule has 1 aromatic heterocycles. The standard InChI is InChI=1S/C16H9S/c1-2-6-12-11(5-1)9-10-14-13-7-3-4-8-15(13)17-16(12)14/h1-6,8-10H. The third-order valence-electron chi connectivity index (χ3n) is 3.18. The van der Waals surface area contributed by atoms with Gasteiger partial charge in [-0.05, 0) is 22.9 Å². The van der Waals surface area contributed by atoms with Crippen molar-refractivity contribution in [1.82, 2.24) is 0 Å². The van der Waals surface area contributed by atoms with Crippen LogP contribution in [0.25, 0.3) is 30.9 Å². The van der Waals surface area contributed by atoms with Crippen LogP contribution in [0.4, 0.5) is 0 Å². The third kappa shape index (κ3) is 1.23. The van der Waals surface area contributed by atoms with Crippen molar-refractivity contribution >= 4 is 42.3 Å². The first-order valence-corrected chi connectivity index (χ1v) is 6.46. The first kappa shape index (κ1) is 9.20. The summed E-state index contributed by atoms with van der Waals surface area (Å²) in [6, 6.07) is 22.5. The minimum Gasteiger partial charge on any atom is -0.135 e. The average molecular weight is 233 g/mol. The summed E-state index contributed by atoms with van der Waals surface area (Å²) in [7, 11) is 0. The van der Waals surface area contributed by atoms with Crippen molar-refractivity contribution in [2.24, 2.45) is 0 Å². The molecule has 1 heterocycles. The summed E-state index contributed by atoms with van der Waals surface area (Å²) in [4.78, 5) is 0. The van der Waals surface area contributed by atoms with E-state index in [0.717, 1.165) is 0 Å². The molecule has 17 heavy (non-hydrogen) atoms. The lowest BCUT2D eigenvalue weighted by atomic mass is 10.1. The Morgan fingerprint density at radius 1 is 0.824 bits per heavy atom. The van der Waals surface area contributed by atoms with Crippen LogP contribution < -0.4 is 0 Å². The molecule has 0 aliphatic carbocycles. The molecule has 4 rings (SSSR count). The van der Waals surface area contributed by atoms with E-state index in [4.69, 9.17) is 0 Å². The molecule has 79 valence electrons. The minimum atomic E-state index is 1.25. The highest BCUT2D eigenvalue weighted by Crippen LogP contribution is 2.37. The second-order valence-corrected chi connectivity index (χ2v) is 5.23. The fourth-order valence-corrected chi connectivity index (χ4v) is 3.59. The predicted octanol–water partition coefficient (Wildman–Crippen LogP) is 5.01. The van der Waals surface area contributed by atoms with Gasteiger partial charge >= 0.3 is 0 Å². The van der Waals surface area contributed by atoms with E-state index in [1.54, 1.807) is 0 Å². The predicted molar refractivity (Wildman–Crippen MR) is 75.7 cm³/mol. The van der Waals surface area contributed by atoms with E-state index in [0.29, 0.717) is 0 Å². The maximum absolute atomic E-state index is 3.35. The zero-order valence-corrected chi connectivity index (χ0v) is 9.92. The van der Waals surface area contributed by atoms with Crippen molar-refractivity contribution in [2.75, 3.05) is 0 Å². The molecule has 0 saturated heterocycles. The average Bonchev–Trinajstić information content (AvgIpc) is 2.78. The molecule has 1 heteroatoms. The highest BCUT2D eigenvalue weighted by molar-refractivity contribution is 7.26. The number of thiophene rings is 1. The molecular weight excluding hydrogens is 224 g/mol. The van der Waals surface area contributed by atoms with Crippen molar-refractivity contribution in [3.63, 3.8) is 0 Å². The molecule has 0 spiro atoms. The summed E-state index contributed by atoms with van der Waals surface area (Å²) in [5.74, 6) is 0. The zero-order chi connectivity index (χ0) is 11.2. The van der Waals surface area contributed by atoms with Crippen LogP contribution in [0.15, 0.2) is 54.6 Å². The highest BCUT2D eigenvalue weighted by Gasteiger charge is 2.06. The Balaban J connectivity index is 2.34. The van der Waals surface area contributed by atoms with Gasteiger partial charge in [0, 0.05) is 20.2 Å². The van der Waals surface area contributed by atoms with E-state index >= 15 is 0 Å². The van der Waals surface area contributed by atoms with Gasteiger partial charge < -0.3 is 0 Å². The van der Waals surface area contributed by atoms with Gasteiger partial charge in [-0.15, -0.1) is 11.3 Å². The van der Waals surface area contributed by atoms with Gasteiger partial charge in [-0.25, -0.2) is 0 Å². The SMILES string of the molecule is [c]1cccc2sc3c4ccccc4ccc3c12. The molecule has 0 N–H and O–H groups in total. The summed E-state index contributed by atoms with van der Waals surface area (Å²) in [6.07, 6.45) is 0. The Morgan fingerprint density at radius 2 is 1.76 bits per heavy atom. The van der Waals surface area contributed by atoms with Gasteiger partial charge in [0.25, 0.3) is 0 Å². The van der Waals surface area contributed by atoms with E-state index in [2.05, 4.69) is 54.6 Å². The van der Waals surface area contributed by atoms with Crippen molar-refractivity contribution in [1.29, 1.82) is 0 Å². The lowest BCUT2D eigenvalue weighted by Gasteiger charge is -1.98. The Hall–Kier alpha value is -1.86.